The van der Waals surface area contributed by atoms with Gasteiger partial charge < -0.3 is 28.2 Å². The summed E-state index contributed by atoms with van der Waals surface area (Å²) in [4.78, 5) is 8.82. The van der Waals surface area contributed by atoms with Crippen LogP contribution in [0.15, 0.2) is 71.1 Å². The molecule has 0 fully saturated rings. The third kappa shape index (κ3) is 7.71. The molecule has 5 rings (SSSR count). The van der Waals surface area contributed by atoms with E-state index in [4.69, 9.17) is 28.7 Å². The summed E-state index contributed by atoms with van der Waals surface area (Å²) < 4.78 is 59.8. The van der Waals surface area contributed by atoms with Gasteiger partial charge in [-0.25, -0.2) is 0 Å². The van der Waals surface area contributed by atoms with Gasteiger partial charge in [0.25, 0.3) is 0 Å². The molecule has 0 saturated carbocycles. The number of aryl methyl sites for hydroxylation is 1. The van der Waals surface area contributed by atoms with Crippen LogP contribution in [0.3, 0.4) is 0 Å². The Balaban J connectivity index is 1.60. The SMILES string of the molecule is CC1=CC(C)=N/C1=C(/c1ccc2c(c1)OCCOCCOCCOCCO2)c1c(C)cc(/C=C/c2ccncc2)n1B(F)F. The second-order valence-corrected chi connectivity index (χ2v) is 10.4. The predicted octanol–water partition coefficient (Wildman–Crippen LogP) is 6.14. The summed E-state index contributed by atoms with van der Waals surface area (Å²) in [6.45, 7) is 8.83. The molecule has 1 aromatic carbocycles. The molecule has 0 aliphatic carbocycles. The standard InChI is InChI=1S/C33H36BF2N3O5/c1-23-20-25(3)38-32(23)31(33-24(2)21-28(39(33)34(35)36)6-4-26-8-10-37-11-9-26)27-5-7-29-30(22-27)44-19-17-42-15-13-40-12-14-41-16-18-43-29/h4-11,20-22H,12-19H2,1-3H3/b6-4+,32-31-. The first-order valence-corrected chi connectivity index (χ1v) is 14.6. The van der Waals surface area contributed by atoms with E-state index in [0.717, 1.165) is 21.3 Å². The number of halogens is 2. The van der Waals surface area contributed by atoms with Crippen molar-refractivity contribution in [2.24, 2.45) is 4.99 Å². The summed E-state index contributed by atoms with van der Waals surface area (Å²) in [5, 5.41) is 0. The lowest BCUT2D eigenvalue weighted by atomic mass is 9.94. The maximum absolute atomic E-state index is 14.9. The Morgan fingerprint density at radius 3 is 2.05 bits per heavy atom. The third-order valence-electron chi connectivity index (χ3n) is 7.11. The van der Waals surface area contributed by atoms with Crippen molar-refractivity contribution in [2.45, 2.75) is 20.8 Å². The molecule has 230 valence electrons. The molecule has 0 saturated heterocycles. The van der Waals surface area contributed by atoms with Crippen molar-refractivity contribution in [1.82, 2.24) is 9.46 Å². The molecule has 4 heterocycles. The highest BCUT2D eigenvalue weighted by molar-refractivity contribution is 6.42. The number of aliphatic imine (C=N–C) groups is 1. The zero-order valence-corrected chi connectivity index (χ0v) is 25.2. The van der Waals surface area contributed by atoms with Crippen LogP contribution in [-0.2, 0) is 14.2 Å². The highest BCUT2D eigenvalue weighted by atomic mass is 19.2. The fourth-order valence-corrected chi connectivity index (χ4v) is 5.17. The zero-order chi connectivity index (χ0) is 30.9. The molecule has 0 amide bonds. The number of allylic oxidation sites excluding steroid dienone is 2. The van der Waals surface area contributed by atoms with Gasteiger partial charge in [0.05, 0.1) is 45.3 Å². The second-order valence-electron chi connectivity index (χ2n) is 10.4. The van der Waals surface area contributed by atoms with Crippen molar-refractivity contribution >= 4 is 30.8 Å². The molecule has 2 aromatic heterocycles. The topological polar surface area (TPSA) is 76.3 Å². The Bertz CT molecular complexity index is 1570. The van der Waals surface area contributed by atoms with Crippen LogP contribution in [0.25, 0.3) is 17.7 Å². The average molecular weight is 603 g/mol. The van der Waals surface area contributed by atoms with Crippen LogP contribution in [-0.4, -0.2) is 75.4 Å². The fourth-order valence-electron chi connectivity index (χ4n) is 5.17. The summed E-state index contributed by atoms with van der Waals surface area (Å²) in [5.41, 5.74) is 5.87. The van der Waals surface area contributed by atoms with Crippen LogP contribution < -0.4 is 9.47 Å². The molecule has 0 bridgehead atoms. The maximum atomic E-state index is 14.9. The molecule has 44 heavy (non-hydrogen) atoms. The smallest absolute Gasteiger partial charge is 0.487 e. The highest BCUT2D eigenvalue weighted by Gasteiger charge is 2.30. The Hall–Kier alpha value is -4.06. The van der Waals surface area contributed by atoms with Gasteiger partial charge in [-0.05, 0) is 85.5 Å². The van der Waals surface area contributed by atoms with Gasteiger partial charge in [0.2, 0.25) is 0 Å². The molecular formula is C33H36BF2N3O5. The zero-order valence-electron chi connectivity index (χ0n) is 25.2. The monoisotopic (exact) mass is 603 g/mol. The van der Waals surface area contributed by atoms with Gasteiger partial charge in [-0.3, -0.25) is 18.6 Å². The van der Waals surface area contributed by atoms with Crippen LogP contribution in [0.5, 0.6) is 11.5 Å². The molecule has 2 aliphatic rings. The van der Waals surface area contributed by atoms with E-state index in [1.54, 1.807) is 36.7 Å². The number of hydrogen-bond donors (Lipinski definition) is 0. The van der Waals surface area contributed by atoms with Gasteiger partial charge in [-0.2, -0.15) is 0 Å². The van der Waals surface area contributed by atoms with Crippen molar-refractivity contribution in [3.8, 4) is 11.5 Å². The van der Waals surface area contributed by atoms with E-state index in [-0.39, 0.29) is 6.61 Å². The van der Waals surface area contributed by atoms with E-state index in [9.17, 15) is 8.63 Å². The minimum Gasteiger partial charge on any atom is -0.487 e. The van der Waals surface area contributed by atoms with E-state index in [2.05, 4.69) is 4.98 Å². The predicted molar refractivity (Wildman–Crippen MR) is 168 cm³/mol. The quantitative estimate of drug-likeness (QED) is 0.327. The van der Waals surface area contributed by atoms with Gasteiger partial charge in [-0.1, -0.05) is 12.1 Å². The Morgan fingerprint density at radius 1 is 0.795 bits per heavy atom. The number of hydrogen-bond acceptors (Lipinski definition) is 7. The average Bonchev–Trinajstić information content (AvgIpc) is 3.52. The summed E-state index contributed by atoms with van der Waals surface area (Å²) in [5.74, 6) is 0.995. The van der Waals surface area contributed by atoms with Crippen LogP contribution in [0, 0.1) is 6.92 Å². The number of nitrogens with zero attached hydrogens (tertiary/aromatic N) is 3. The highest BCUT2D eigenvalue weighted by Crippen LogP contribution is 2.40. The number of benzene rings is 1. The van der Waals surface area contributed by atoms with Crippen molar-refractivity contribution in [2.75, 3.05) is 52.9 Å². The largest absolute Gasteiger partial charge is 0.678 e. The molecule has 11 heteroatoms. The Morgan fingerprint density at radius 2 is 1.43 bits per heavy atom. The van der Waals surface area contributed by atoms with E-state index in [0.29, 0.717) is 91.5 Å². The lowest BCUT2D eigenvalue weighted by Gasteiger charge is -2.19. The van der Waals surface area contributed by atoms with Gasteiger partial charge in [0.15, 0.2) is 11.5 Å². The molecule has 0 N–H and O–H groups in total. The molecule has 8 nitrogen and oxygen atoms in total. The van der Waals surface area contributed by atoms with E-state index >= 15 is 0 Å². The van der Waals surface area contributed by atoms with Gasteiger partial charge in [0, 0.05) is 35.1 Å². The minimum absolute atomic E-state index is 0.273. The fraction of sp³-hybridized carbons (Fsp3) is 0.333. The van der Waals surface area contributed by atoms with Crippen molar-refractivity contribution in [1.29, 1.82) is 0 Å². The van der Waals surface area contributed by atoms with Crippen molar-refractivity contribution in [3.63, 3.8) is 0 Å². The number of pyridine rings is 1. The Labute approximate surface area is 256 Å². The number of ether oxygens (including phenoxy) is 5. The lowest BCUT2D eigenvalue weighted by Crippen LogP contribution is -2.18. The summed E-state index contributed by atoms with van der Waals surface area (Å²) in [7, 11) is -2.80. The van der Waals surface area contributed by atoms with Gasteiger partial charge in [0.1, 0.15) is 13.2 Å². The van der Waals surface area contributed by atoms with E-state index in [1.165, 1.54) is 0 Å². The Kier molecular flexibility index (Phi) is 10.8. The van der Waals surface area contributed by atoms with E-state index in [1.807, 2.05) is 51.1 Å². The third-order valence-corrected chi connectivity index (χ3v) is 7.11. The van der Waals surface area contributed by atoms with Crippen LogP contribution in [0.4, 0.5) is 8.63 Å². The van der Waals surface area contributed by atoms with Gasteiger partial charge >= 0.3 is 7.40 Å². The maximum Gasteiger partial charge on any atom is 0.678 e. The first kappa shape index (κ1) is 31.4. The molecule has 0 atom stereocenters. The lowest BCUT2D eigenvalue weighted by molar-refractivity contribution is 0.00708. The number of fused-ring (bicyclic) bond motifs is 1. The van der Waals surface area contributed by atoms with Crippen LogP contribution in [0.1, 0.15) is 41.9 Å². The van der Waals surface area contributed by atoms with Crippen molar-refractivity contribution in [3.05, 3.63) is 94.2 Å². The number of aromatic nitrogens is 2. The first-order chi connectivity index (χ1) is 21.4. The normalized spacial score (nSPS) is 17.9. The molecule has 0 spiro atoms. The van der Waals surface area contributed by atoms with Crippen LogP contribution in [0.2, 0.25) is 0 Å². The summed E-state index contributed by atoms with van der Waals surface area (Å²) in [6, 6.07) is 10.9. The molecule has 2 aliphatic heterocycles. The van der Waals surface area contributed by atoms with Crippen molar-refractivity contribution < 1.29 is 32.3 Å². The summed E-state index contributed by atoms with van der Waals surface area (Å²) >= 11 is 0. The minimum atomic E-state index is -2.80. The van der Waals surface area contributed by atoms with Crippen LogP contribution >= 0.6 is 0 Å². The molecule has 3 aromatic rings. The van der Waals surface area contributed by atoms with E-state index < -0.39 is 7.40 Å². The number of rotatable bonds is 5. The molecule has 0 unspecified atom stereocenters. The molecular weight excluding hydrogens is 567 g/mol. The summed E-state index contributed by atoms with van der Waals surface area (Å²) in [6.07, 6.45) is 8.77. The van der Waals surface area contributed by atoms with Gasteiger partial charge in [-0.15, -0.1) is 0 Å². The second kappa shape index (κ2) is 15.1. The first-order valence-electron chi connectivity index (χ1n) is 14.6. The molecule has 0 radical (unpaired) electrons.